The zero-order valence-electron chi connectivity index (χ0n) is 9.66. The topological polar surface area (TPSA) is 60.2 Å². The van der Waals surface area contributed by atoms with E-state index >= 15 is 0 Å². The molecule has 0 spiro atoms. The Bertz CT molecular complexity index is 592. The number of halogens is 3. The zero-order valence-corrected chi connectivity index (χ0v) is 11.9. The van der Waals surface area contributed by atoms with Gasteiger partial charge in [-0.25, -0.2) is 10.8 Å². The normalized spacial score (nSPS) is 10.3. The molecule has 2 aromatic rings. The average molecular weight is 319 g/mol. The van der Waals surface area contributed by atoms with Crippen molar-refractivity contribution in [1.82, 2.24) is 4.98 Å². The van der Waals surface area contributed by atoms with E-state index in [4.69, 9.17) is 45.4 Å². The van der Waals surface area contributed by atoms with E-state index in [0.717, 1.165) is 5.56 Å². The lowest BCUT2D eigenvalue weighted by Crippen LogP contribution is -2.09. The number of hydrogen-bond acceptors (Lipinski definition) is 4. The minimum Gasteiger partial charge on any atom is -0.487 e. The molecule has 0 unspecified atom stereocenters. The number of rotatable bonds is 4. The SMILES string of the molecule is NNc1cc(COc2cc(Cl)c(Cl)cc2Cl)ccn1. The number of hydrogen-bond donors (Lipinski definition) is 2. The van der Waals surface area contributed by atoms with Gasteiger partial charge in [-0.05, 0) is 23.8 Å². The van der Waals surface area contributed by atoms with Crippen molar-refractivity contribution in [3.8, 4) is 5.75 Å². The molecule has 19 heavy (non-hydrogen) atoms. The van der Waals surface area contributed by atoms with Gasteiger partial charge in [0.2, 0.25) is 0 Å². The van der Waals surface area contributed by atoms with Crippen molar-refractivity contribution in [2.24, 2.45) is 5.84 Å². The number of pyridine rings is 1. The average Bonchev–Trinajstić information content (AvgIpc) is 2.41. The summed E-state index contributed by atoms with van der Waals surface area (Å²) in [6, 6.07) is 6.70. The van der Waals surface area contributed by atoms with Gasteiger partial charge < -0.3 is 10.2 Å². The highest BCUT2D eigenvalue weighted by Crippen LogP contribution is 2.34. The lowest BCUT2D eigenvalue weighted by atomic mass is 10.3. The second-order valence-electron chi connectivity index (χ2n) is 3.68. The molecule has 7 heteroatoms. The number of nitrogens with one attached hydrogen (secondary N) is 1. The molecule has 0 saturated carbocycles. The van der Waals surface area contributed by atoms with Crippen LogP contribution in [-0.4, -0.2) is 4.98 Å². The first-order valence-corrected chi connectivity index (χ1v) is 6.42. The summed E-state index contributed by atoms with van der Waals surface area (Å²) in [4.78, 5) is 4.00. The smallest absolute Gasteiger partial charge is 0.140 e. The molecule has 0 bridgehead atoms. The molecule has 4 nitrogen and oxygen atoms in total. The fourth-order valence-corrected chi connectivity index (χ4v) is 2.01. The molecule has 1 heterocycles. The fourth-order valence-electron chi connectivity index (χ4n) is 1.42. The van der Waals surface area contributed by atoms with Gasteiger partial charge in [0.25, 0.3) is 0 Å². The first kappa shape index (κ1) is 14.2. The summed E-state index contributed by atoms with van der Waals surface area (Å²) in [5, 5.41) is 1.18. The van der Waals surface area contributed by atoms with E-state index in [1.54, 1.807) is 24.4 Å². The third kappa shape index (κ3) is 3.64. The summed E-state index contributed by atoms with van der Waals surface area (Å²) >= 11 is 17.8. The van der Waals surface area contributed by atoms with Gasteiger partial charge in [0.1, 0.15) is 18.2 Å². The lowest BCUT2D eigenvalue weighted by molar-refractivity contribution is 0.306. The summed E-state index contributed by atoms with van der Waals surface area (Å²) in [6.45, 7) is 0.314. The molecule has 2 rings (SSSR count). The highest BCUT2D eigenvalue weighted by atomic mass is 35.5. The van der Waals surface area contributed by atoms with Gasteiger partial charge >= 0.3 is 0 Å². The Balaban J connectivity index is 2.12. The van der Waals surface area contributed by atoms with E-state index in [-0.39, 0.29) is 0 Å². The van der Waals surface area contributed by atoms with Gasteiger partial charge in [-0.15, -0.1) is 0 Å². The molecule has 1 aromatic heterocycles. The Morgan fingerprint density at radius 1 is 1.11 bits per heavy atom. The maximum Gasteiger partial charge on any atom is 0.140 e. The summed E-state index contributed by atoms with van der Waals surface area (Å²) < 4.78 is 5.59. The van der Waals surface area contributed by atoms with E-state index in [2.05, 4.69) is 10.4 Å². The second-order valence-corrected chi connectivity index (χ2v) is 4.90. The molecular weight excluding hydrogens is 309 g/mol. The number of nitrogen functional groups attached to an aromatic ring is 1. The summed E-state index contributed by atoms with van der Waals surface area (Å²) in [5.74, 6) is 6.30. The van der Waals surface area contributed by atoms with Crippen molar-refractivity contribution in [3.63, 3.8) is 0 Å². The third-order valence-electron chi connectivity index (χ3n) is 2.34. The Hall–Kier alpha value is -1.20. The number of anilines is 1. The maximum absolute atomic E-state index is 6.01. The van der Waals surface area contributed by atoms with E-state index in [0.29, 0.717) is 33.2 Å². The first-order chi connectivity index (χ1) is 9.10. The largest absolute Gasteiger partial charge is 0.487 e. The van der Waals surface area contributed by atoms with Gasteiger partial charge in [-0.3, -0.25) is 0 Å². The highest BCUT2D eigenvalue weighted by Gasteiger charge is 2.07. The van der Waals surface area contributed by atoms with Crippen molar-refractivity contribution in [2.75, 3.05) is 5.43 Å². The number of aromatic nitrogens is 1. The number of benzene rings is 1. The molecule has 0 atom stereocenters. The molecule has 0 saturated heterocycles. The van der Waals surface area contributed by atoms with Gasteiger partial charge in [0.15, 0.2) is 0 Å². The predicted octanol–water partition coefficient (Wildman–Crippen LogP) is 3.91. The molecule has 0 aliphatic carbocycles. The molecule has 0 aliphatic heterocycles. The van der Waals surface area contributed by atoms with Crippen LogP contribution in [0.1, 0.15) is 5.56 Å². The molecule has 100 valence electrons. The van der Waals surface area contributed by atoms with Gasteiger partial charge in [-0.1, -0.05) is 34.8 Å². The Morgan fingerprint density at radius 2 is 1.84 bits per heavy atom. The van der Waals surface area contributed by atoms with Crippen LogP contribution in [-0.2, 0) is 6.61 Å². The van der Waals surface area contributed by atoms with Crippen molar-refractivity contribution in [1.29, 1.82) is 0 Å². The van der Waals surface area contributed by atoms with E-state index in [9.17, 15) is 0 Å². The van der Waals surface area contributed by atoms with E-state index in [1.807, 2.05) is 6.07 Å². The van der Waals surface area contributed by atoms with Crippen molar-refractivity contribution < 1.29 is 4.74 Å². The molecule has 0 aliphatic rings. The quantitative estimate of drug-likeness (QED) is 0.510. The monoisotopic (exact) mass is 317 g/mol. The lowest BCUT2D eigenvalue weighted by Gasteiger charge is -2.10. The van der Waals surface area contributed by atoms with Gasteiger partial charge in [0, 0.05) is 12.3 Å². The minimum absolute atomic E-state index is 0.314. The standard InChI is InChI=1S/C12H10Cl3N3O/c13-8-4-10(15)11(5-9(8)14)19-6-7-1-2-17-12(3-7)18-16/h1-5H,6,16H2,(H,17,18). The van der Waals surface area contributed by atoms with E-state index in [1.165, 1.54) is 0 Å². The molecule has 0 amide bonds. The molecule has 1 aromatic carbocycles. The van der Waals surface area contributed by atoms with Crippen LogP contribution < -0.4 is 16.0 Å². The zero-order chi connectivity index (χ0) is 13.8. The van der Waals surface area contributed by atoms with Crippen LogP contribution in [0.25, 0.3) is 0 Å². The van der Waals surface area contributed by atoms with Crippen LogP contribution in [0.15, 0.2) is 30.5 Å². The van der Waals surface area contributed by atoms with Gasteiger partial charge in [-0.2, -0.15) is 0 Å². The summed E-state index contributed by atoms with van der Waals surface area (Å²) in [5.41, 5.74) is 3.36. The van der Waals surface area contributed by atoms with E-state index < -0.39 is 0 Å². The number of hydrazine groups is 1. The number of nitrogens with two attached hydrogens (primary N) is 1. The van der Waals surface area contributed by atoms with Crippen LogP contribution >= 0.6 is 34.8 Å². The molecule has 0 radical (unpaired) electrons. The van der Waals surface area contributed by atoms with Crippen LogP contribution in [0.5, 0.6) is 5.75 Å². The summed E-state index contributed by atoms with van der Waals surface area (Å²) in [7, 11) is 0. The molecule has 3 N–H and O–H groups in total. The van der Waals surface area contributed by atoms with Crippen molar-refractivity contribution in [3.05, 3.63) is 51.1 Å². The number of nitrogens with zero attached hydrogens (tertiary/aromatic N) is 1. The van der Waals surface area contributed by atoms with Crippen LogP contribution in [0, 0.1) is 0 Å². The van der Waals surface area contributed by atoms with Crippen LogP contribution in [0.4, 0.5) is 5.82 Å². The maximum atomic E-state index is 6.01. The molecular formula is C12H10Cl3N3O. The van der Waals surface area contributed by atoms with Crippen LogP contribution in [0.3, 0.4) is 0 Å². The number of ether oxygens (including phenoxy) is 1. The van der Waals surface area contributed by atoms with Gasteiger partial charge in [0.05, 0.1) is 15.1 Å². The Morgan fingerprint density at radius 3 is 2.58 bits per heavy atom. The fraction of sp³-hybridized carbons (Fsp3) is 0.0833. The third-order valence-corrected chi connectivity index (χ3v) is 3.36. The molecule has 0 fully saturated rings. The second kappa shape index (κ2) is 6.30. The Labute approximate surface area is 125 Å². The first-order valence-electron chi connectivity index (χ1n) is 5.29. The van der Waals surface area contributed by atoms with Crippen LogP contribution in [0.2, 0.25) is 15.1 Å². The summed E-state index contributed by atoms with van der Waals surface area (Å²) in [6.07, 6.45) is 1.63. The van der Waals surface area contributed by atoms with Crippen molar-refractivity contribution >= 4 is 40.6 Å². The van der Waals surface area contributed by atoms with Crippen molar-refractivity contribution in [2.45, 2.75) is 6.61 Å². The Kier molecular flexibility index (Phi) is 4.71. The predicted molar refractivity (Wildman–Crippen MR) is 77.9 cm³/mol. The minimum atomic E-state index is 0.314. The highest BCUT2D eigenvalue weighted by molar-refractivity contribution is 6.43.